The number of carbonyl (C=O) groups excluding carboxylic acids is 3. The second kappa shape index (κ2) is 8.12. The van der Waals surface area contributed by atoms with Crippen molar-refractivity contribution in [2.24, 2.45) is 0 Å². The van der Waals surface area contributed by atoms with E-state index in [1.807, 2.05) is 13.0 Å². The Hall–Kier alpha value is -3.35. The number of fused-ring (bicyclic) bond motifs is 1. The van der Waals surface area contributed by atoms with Crippen molar-refractivity contribution in [1.82, 2.24) is 10.2 Å². The van der Waals surface area contributed by atoms with Crippen LogP contribution in [0.2, 0.25) is 0 Å². The SMILES string of the molecule is CCOc1ccc(CNC(=O)C(C)N2C(=O)c3ccccc3C2=O)cc1OC. The lowest BCUT2D eigenvalue weighted by atomic mass is 10.1. The predicted octanol–water partition coefficient (Wildman–Crippen LogP) is 2.39. The van der Waals surface area contributed by atoms with Gasteiger partial charge >= 0.3 is 0 Å². The summed E-state index contributed by atoms with van der Waals surface area (Å²) in [6.45, 7) is 4.17. The highest BCUT2D eigenvalue weighted by molar-refractivity contribution is 6.22. The highest BCUT2D eigenvalue weighted by Gasteiger charge is 2.40. The molecule has 0 aliphatic carbocycles. The molecular weight excluding hydrogens is 360 g/mol. The van der Waals surface area contributed by atoms with Gasteiger partial charge in [-0.15, -0.1) is 0 Å². The van der Waals surface area contributed by atoms with Gasteiger partial charge in [-0.25, -0.2) is 0 Å². The smallest absolute Gasteiger partial charge is 0.262 e. The third-order valence-corrected chi connectivity index (χ3v) is 4.59. The highest BCUT2D eigenvalue weighted by Crippen LogP contribution is 2.28. The third-order valence-electron chi connectivity index (χ3n) is 4.59. The maximum Gasteiger partial charge on any atom is 0.262 e. The van der Waals surface area contributed by atoms with Crippen molar-refractivity contribution in [1.29, 1.82) is 0 Å². The molecule has 0 radical (unpaired) electrons. The fourth-order valence-electron chi connectivity index (χ4n) is 3.11. The lowest BCUT2D eigenvalue weighted by Crippen LogP contribution is -2.47. The number of rotatable bonds is 7. The molecule has 3 rings (SSSR count). The number of amides is 3. The number of methoxy groups -OCH3 is 1. The van der Waals surface area contributed by atoms with Crippen LogP contribution in [0.4, 0.5) is 0 Å². The lowest BCUT2D eigenvalue weighted by molar-refractivity contribution is -0.124. The van der Waals surface area contributed by atoms with Crippen LogP contribution < -0.4 is 14.8 Å². The largest absolute Gasteiger partial charge is 0.493 e. The third kappa shape index (κ3) is 3.55. The standard InChI is InChI=1S/C21H22N2O5/c1-4-28-17-10-9-14(11-18(17)27-3)12-22-19(24)13(2)23-20(25)15-7-5-6-8-16(15)21(23)26/h5-11,13H,4,12H2,1-3H3,(H,22,24). The Morgan fingerprint density at radius 2 is 1.71 bits per heavy atom. The Balaban J connectivity index is 1.67. The molecule has 1 unspecified atom stereocenters. The Morgan fingerprint density at radius 1 is 1.07 bits per heavy atom. The zero-order valence-corrected chi connectivity index (χ0v) is 16.0. The number of carbonyl (C=O) groups is 3. The minimum Gasteiger partial charge on any atom is -0.493 e. The molecule has 0 fully saturated rings. The maximum absolute atomic E-state index is 12.6. The van der Waals surface area contributed by atoms with Gasteiger partial charge in [0.05, 0.1) is 24.8 Å². The first kappa shape index (κ1) is 19.4. The number of hydrogen-bond donors (Lipinski definition) is 1. The number of nitrogens with zero attached hydrogens (tertiary/aromatic N) is 1. The molecule has 146 valence electrons. The minimum absolute atomic E-state index is 0.231. The first-order valence-corrected chi connectivity index (χ1v) is 9.02. The van der Waals surface area contributed by atoms with E-state index in [1.54, 1.807) is 43.5 Å². The average molecular weight is 382 g/mol. The fraction of sp³-hybridized carbons (Fsp3) is 0.286. The first-order chi connectivity index (χ1) is 13.5. The van der Waals surface area contributed by atoms with Crippen LogP contribution in [0.25, 0.3) is 0 Å². The van der Waals surface area contributed by atoms with Crippen molar-refractivity contribution in [2.75, 3.05) is 13.7 Å². The Labute approximate surface area is 163 Å². The van der Waals surface area contributed by atoms with Crippen molar-refractivity contribution in [3.05, 3.63) is 59.2 Å². The summed E-state index contributed by atoms with van der Waals surface area (Å²) in [5.41, 5.74) is 1.45. The summed E-state index contributed by atoms with van der Waals surface area (Å²) >= 11 is 0. The van der Waals surface area contributed by atoms with Crippen LogP contribution >= 0.6 is 0 Å². The maximum atomic E-state index is 12.6. The van der Waals surface area contributed by atoms with Gasteiger partial charge in [0.1, 0.15) is 6.04 Å². The first-order valence-electron chi connectivity index (χ1n) is 9.02. The molecule has 0 spiro atoms. The van der Waals surface area contributed by atoms with E-state index in [0.29, 0.717) is 29.2 Å². The second-order valence-corrected chi connectivity index (χ2v) is 6.34. The molecule has 7 nitrogen and oxygen atoms in total. The predicted molar refractivity (Wildman–Crippen MR) is 102 cm³/mol. The molecule has 0 bridgehead atoms. The van der Waals surface area contributed by atoms with Crippen molar-refractivity contribution in [2.45, 2.75) is 26.4 Å². The second-order valence-electron chi connectivity index (χ2n) is 6.34. The van der Waals surface area contributed by atoms with Crippen LogP contribution in [0, 0.1) is 0 Å². The molecule has 0 aromatic heterocycles. The number of hydrogen-bond acceptors (Lipinski definition) is 5. The van der Waals surface area contributed by atoms with Gasteiger partial charge in [0.25, 0.3) is 11.8 Å². The van der Waals surface area contributed by atoms with E-state index in [2.05, 4.69) is 5.32 Å². The fourth-order valence-corrected chi connectivity index (χ4v) is 3.11. The molecule has 0 saturated carbocycles. The molecule has 28 heavy (non-hydrogen) atoms. The van der Waals surface area contributed by atoms with Gasteiger partial charge in [-0.3, -0.25) is 19.3 Å². The monoisotopic (exact) mass is 382 g/mol. The van der Waals surface area contributed by atoms with Crippen LogP contribution in [0.1, 0.15) is 40.1 Å². The van der Waals surface area contributed by atoms with E-state index >= 15 is 0 Å². The molecule has 3 amide bonds. The van der Waals surface area contributed by atoms with Gasteiger partial charge in [0.15, 0.2) is 11.5 Å². The summed E-state index contributed by atoms with van der Waals surface area (Å²) in [5.74, 6) is -0.124. The summed E-state index contributed by atoms with van der Waals surface area (Å²) in [7, 11) is 1.55. The van der Waals surface area contributed by atoms with Crippen molar-refractivity contribution in [3.8, 4) is 11.5 Å². The summed E-state index contributed by atoms with van der Waals surface area (Å²) < 4.78 is 10.8. The summed E-state index contributed by atoms with van der Waals surface area (Å²) in [4.78, 5) is 38.6. The van der Waals surface area contributed by atoms with E-state index in [4.69, 9.17) is 9.47 Å². The van der Waals surface area contributed by atoms with Gasteiger partial charge in [-0.2, -0.15) is 0 Å². The molecule has 1 N–H and O–H groups in total. The minimum atomic E-state index is -0.919. The van der Waals surface area contributed by atoms with Gasteiger partial charge < -0.3 is 14.8 Å². The number of ether oxygens (including phenoxy) is 2. The number of nitrogens with one attached hydrogen (secondary N) is 1. The Kier molecular flexibility index (Phi) is 5.63. The van der Waals surface area contributed by atoms with Gasteiger partial charge in [-0.1, -0.05) is 18.2 Å². The molecule has 2 aromatic rings. The number of benzene rings is 2. The zero-order valence-electron chi connectivity index (χ0n) is 16.0. The van der Waals surface area contributed by atoms with Crippen LogP contribution in [0.5, 0.6) is 11.5 Å². The van der Waals surface area contributed by atoms with E-state index in [1.165, 1.54) is 6.92 Å². The van der Waals surface area contributed by atoms with E-state index < -0.39 is 23.8 Å². The molecule has 1 heterocycles. The molecule has 1 aliphatic rings. The molecule has 7 heteroatoms. The van der Waals surface area contributed by atoms with Crippen LogP contribution in [-0.4, -0.2) is 42.4 Å². The molecule has 1 aliphatic heterocycles. The van der Waals surface area contributed by atoms with E-state index in [0.717, 1.165) is 10.5 Å². The van der Waals surface area contributed by atoms with Gasteiger partial charge in [-0.05, 0) is 43.7 Å². The van der Waals surface area contributed by atoms with Gasteiger partial charge in [0.2, 0.25) is 5.91 Å². The quantitative estimate of drug-likeness (QED) is 0.744. The van der Waals surface area contributed by atoms with Crippen molar-refractivity contribution >= 4 is 17.7 Å². The molecule has 2 aromatic carbocycles. The van der Waals surface area contributed by atoms with Crippen LogP contribution in [-0.2, 0) is 11.3 Å². The Bertz CT molecular complexity index is 890. The van der Waals surface area contributed by atoms with E-state index in [9.17, 15) is 14.4 Å². The van der Waals surface area contributed by atoms with Crippen molar-refractivity contribution in [3.63, 3.8) is 0 Å². The van der Waals surface area contributed by atoms with E-state index in [-0.39, 0.29) is 6.54 Å². The highest BCUT2D eigenvalue weighted by atomic mass is 16.5. The number of imide groups is 1. The average Bonchev–Trinajstić information content (AvgIpc) is 2.97. The summed E-state index contributed by atoms with van der Waals surface area (Å²) in [5, 5.41) is 2.76. The lowest BCUT2D eigenvalue weighted by Gasteiger charge is -2.21. The van der Waals surface area contributed by atoms with Crippen LogP contribution in [0.3, 0.4) is 0 Å². The summed E-state index contributed by atoms with van der Waals surface area (Å²) in [6.07, 6.45) is 0. The Morgan fingerprint density at radius 3 is 2.29 bits per heavy atom. The topological polar surface area (TPSA) is 84.9 Å². The molecule has 1 atom stereocenters. The summed E-state index contributed by atoms with van der Waals surface area (Å²) in [6, 6.07) is 11.0. The molecular formula is C21H22N2O5. The van der Waals surface area contributed by atoms with Crippen molar-refractivity contribution < 1.29 is 23.9 Å². The zero-order chi connectivity index (χ0) is 20.3. The molecule has 0 saturated heterocycles. The normalized spacial score (nSPS) is 13.9. The van der Waals surface area contributed by atoms with Crippen LogP contribution in [0.15, 0.2) is 42.5 Å². The van der Waals surface area contributed by atoms with Gasteiger partial charge in [0, 0.05) is 6.54 Å².